The summed E-state index contributed by atoms with van der Waals surface area (Å²) in [7, 11) is 0. The van der Waals surface area contributed by atoms with Crippen LogP contribution in [0.1, 0.15) is 18.4 Å². The Balaban J connectivity index is 1.48. The average Bonchev–Trinajstić information content (AvgIpc) is 2.64. The number of piperidine rings is 1. The van der Waals surface area contributed by atoms with E-state index in [0.29, 0.717) is 52.2 Å². The highest BCUT2D eigenvalue weighted by molar-refractivity contribution is 5.81. The van der Waals surface area contributed by atoms with Gasteiger partial charge in [0.1, 0.15) is 5.82 Å². The number of benzene rings is 1. The highest BCUT2D eigenvalue weighted by Crippen LogP contribution is 2.21. The van der Waals surface area contributed by atoms with Crippen LogP contribution in [0.25, 0.3) is 0 Å². The van der Waals surface area contributed by atoms with Gasteiger partial charge in [-0.2, -0.15) is 0 Å². The molecule has 130 valence electrons. The largest absolute Gasteiger partial charge is 0.378 e. The molecule has 0 aliphatic carbocycles. The molecule has 0 atom stereocenters. The van der Waals surface area contributed by atoms with Crippen molar-refractivity contribution in [1.29, 1.82) is 0 Å². The second-order valence-corrected chi connectivity index (χ2v) is 6.40. The number of hydrogen-bond donors (Lipinski definition) is 0. The molecule has 6 heteroatoms. The van der Waals surface area contributed by atoms with Gasteiger partial charge in [0.15, 0.2) is 0 Å². The van der Waals surface area contributed by atoms with E-state index in [1.165, 1.54) is 12.1 Å². The number of halogens is 1. The fourth-order valence-electron chi connectivity index (χ4n) is 3.31. The van der Waals surface area contributed by atoms with E-state index in [9.17, 15) is 14.0 Å². The molecule has 0 spiro atoms. The lowest BCUT2D eigenvalue weighted by Crippen LogP contribution is -2.47. The van der Waals surface area contributed by atoms with E-state index < -0.39 is 0 Å². The first-order valence-electron chi connectivity index (χ1n) is 8.52. The molecule has 0 bridgehead atoms. The Morgan fingerprint density at radius 1 is 1.00 bits per heavy atom. The van der Waals surface area contributed by atoms with Crippen molar-refractivity contribution in [3.63, 3.8) is 0 Å². The van der Waals surface area contributed by atoms with Crippen LogP contribution >= 0.6 is 0 Å². The van der Waals surface area contributed by atoms with Gasteiger partial charge in [0, 0.05) is 32.1 Å². The van der Waals surface area contributed by atoms with Crippen LogP contribution < -0.4 is 0 Å². The molecule has 5 nitrogen and oxygen atoms in total. The van der Waals surface area contributed by atoms with E-state index in [2.05, 4.69) is 0 Å². The summed E-state index contributed by atoms with van der Waals surface area (Å²) in [4.78, 5) is 28.5. The summed E-state index contributed by atoms with van der Waals surface area (Å²) in [5, 5.41) is 0. The molecule has 0 radical (unpaired) electrons. The molecule has 2 heterocycles. The minimum Gasteiger partial charge on any atom is -0.378 e. The number of likely N-dealkylation sites (tertiary alicyclic amines) is 1. The molecule has 2 aliphatic rings. The lowest BCUT2D eigenvalue weighted by molar-refractivity contribution is -0.143. The van der Waals surface area contributed by atoms with Crippen LogP contribution in [0, 0.1) is 11.7 Å². The van der Waals surface area contributed by atoms with E-state index in [1.54, 1.807) is 12.1 Å². The third kappa shape index (κ3) is 4.12. The zero-order chi connectivity index (χ0) is 16.9. The summed E-state index contributed by atoms with van der Waals surface area (Å²) >= 11 is 0. The van der Waals surface area contributed by atoms with Crippen LogP contribution in [0.15, 0.2) is 24.3 Å². The minimum absolute atomic E-state index is 0.0120. The van der Waals surface area contributed by atoms with Crippen molar-refractivity contribution in [2.45, 2.75) is 19.3 Å². The topological polar surface area (TPSA) is 49.9 Å². The second-order valence-electron chi connectivity index (χ2n) is 6.40. The number of amides is 2. The maximum Gasteiger partial charge on any atom is 0.226 e. The third-order valence-electron chi connectivity index (χ3n) is 4.79. The number of carbonyl (C=O) groups excluding carboxylic acids is 2. The summed E-state index contributed by atoms with van der Waals surface area (Å²) in [6.07, 6.45) is 1.71. The van der Waals surface area contributed by atoms with Gasteiger partial charge in [-0.05, 0) is 30.5 Å². The number of hydrogen-bond acceptors (Lipinski definition) is 3. The minimum atomic E-state index is -0.298. The van der Waals surface area contributed by atoms with E-state index in [1.807, 2.05) is 9.80 Å². The molecule has 2 amide bonds. The predicted molar refractivity (Wildman–Crippen MR) is 86.8 cm³/mol. The first kappa shape index (κ1) is 16.9. The van der Waals surface area contributed by atoms with Gasteiger partial charge in [0.25, 0.3) is 0 Å². The Labute approximate surface area is 141 Å². The van der Waals surface area contributed by atoms with Crippen molar-refractivity contribution < 1.29 is 18.7 Å². The summed E-state index contributed by atoms with van der Waals surface area (Å²) in [5.74, 6) is -0.0468. The normalized spacial score (nSPS) is 19.4. The highest BCUT2D eigenvalue weighted by atomic mass is 19.1. The van der Waals surface area contributed by atoms with Gasteiger partial charge in [0.05, 0.1) is 19.6 Å². The third-order valence-corrected chi connectivity index (χ3v) is 4.79. The molecule has 2 aliphatic heterocycles. The molecule has 1 aromatic carbocycles. The average molecular weight is 334 g/mol. The summed E-state index contributed by atoms with van der Waals surface area (Å²) < 4.78 is 18.2. The van der Waals surface area contributed by atoms with E-state index in [0.717, 1.165) is 5.56 Å². The number of morpholine rings is 1. The first-order chi connectivity index (χ1) is 11.6. The van der Waals surface area contributed by atoms with E-state index in [4.69, 9.17) is 4.74 Å². The van der Waals surface area contributed by atoms with Crippen molar-refractivity contribution in [3.8, 4) is 0 Å². The zero-order valence-electron chi connectivity index (χ0n) is 13.7. The Kier molecular flexibility index (Phi) is 5.45. The van der Waals surface area contributed by atoms with Gasteiger partial charge >= 0.3 is 0 Å². The van der Waals surface area contributed by atoms with Crippen LogP contribution in [-0.2, 0) is 20.7 Å². The smallest absolute Gasteiger partial charge is 0.226 e. The predicted octanol–water partition coefficient (Wildman–Crippen LogP) is 1.47. The van der Waals surface area contributed by atoms with Crippen molar-refractivity contribution in [3.05, 3.63) is 35.6 Å². The molecule has 24 heavy (non-hydrogen) atoms. The van der Waals surface area contributed by atoms with Crippen molar-refractivity contribution in [2.75, 3.05) is 39.4 Å². The molecule has 0 N–H and O–H groups in total. The molecule has 1 aromatic rings. The van der Waals surface area contributed by atoms with Gasteiger partial charge in [-0.25, -0.2) is 4.39 Å². The molecular weight excluding hydrogens is 311 g/mol. The van der Waals surface area contributed by atoms with Crippen LogP contribution in [0.4, 0.5) is 4.39 Å². The van der Waals surface area contributed by atoms with Crippen molar-refractivity contribution in [1.82, 2.24) is 9.80 Å². The second kappa shape index (κ2) is 7.75. The zero-order valence-corrected chi connectivity index (χ0v) is 13.7. The molecular formula is C18H23FN2O3. The van der Waals surface area contributed by atoms with Gasteiger partial charge in [-0.1, -0.05) is 12.1 Å². The first-order valence-corrected chi connectivity index (χ1v) is 8.52. The standard InChI is InChI=1S/C18H23FN2O3/c19-16-3-1-14(2-4-16)13-17(22)20-7-5-15(6-8-20)18(23)21-9-11-24-12-10-21/h1-4,15H,5-13H2. The molecule has 0 unspecified atom stereocenters. The Hall–Kier alpha value is -1.95. The SMILES string of the molecule is O=C(Cc1ccc(F)cc1)N1CCC(C(=O)N2CCOCC2)CC1. The van der Waals surface area contributed by atoms with Gasteiger partial charge in [-0.3, -0.25) is 9.59 Å². The summed E-state index contributed by atoms with van der Waals surface area (Å²) in [6, 6.07) is 6.02. The van der Waals surface area contributed by atoms with Crippen LogP contribution in [0.2, 0.25) is 0 Å². The van der Waals surface area contributed by atoms with Gasteiger partial charge in [-0.15, -0.1) is 0 Å². The number of ether oxygens (including phenoxy) is 1. The number of carbonyl (C=O) groups is 2. The van der Waals surface area contributed by atoms with Crippen LogP contribution in [0.5, 0.6) is 0 Å². The fraction of sp³-hybridized carbons (Fsp3) is 0.556. The lowest BCUT2D eigenvalue weighted by atomic mass is 9.94. The Bertz CT molecular complexity index is 576. The van der Waals surface area contributed by atoms with Crippen LogP contribution in [0.3, 0.4) is 0 Å². The number of rotatable bonds is 3. The summed E-state index contributed by atoms with van der Waals surface area (Å²) in [6.45, 7) is 3.79. The maximum absolute atomic E-state index is 12.9. The number of nitrogens with zero attached hydrogens (tertiary/aromatic N) is 2. The molecule has 0 aromatic heterocycles. The van der Waals surface area contributed by atoms with E-state index in [-0.39, 0.29) is 30.0 Å². The molecule has 0 saturated carbocycles. The van der Waals surface area contributed by atoms with E-state index >= 15 is 0 Å². The molecule has 2 saturated heterocycles. The highest BCUT2D eigenvalue weighted by Gasteiger charge is 2.30. The molecule has 3 rings (SSSR count). The summed E-state index contributed by atoms with van der Waals surface area (Å²) in [5.41, 5.74) is 0.813. The van der Waals surface area contributed by atoms with Gasteiger partial charge < -0.3 is 14.5 Å². The van der Waals surface area contributed by atoms with Gasteiger partial charge in [0.2, 0.25) is 11.8 Å². The maximum atomic E-state index is 12.9. The monoisotopic (exact) mass is 334 g/mol. The van der Waals surface area contributed by atoms with Crippen molar-refractivity contribution >= 4 is 11.8 Å². The Morgan fingerprint density at radius 3 is 2.25 bits per heavy atom. The Morgan fingerprint density at radius 2 is 1.62 bits per heavy atom. The lowest BCUT2D eigenvalue weighted by Gasteiger charge is -2.35. The van der Waals surface area contributed by atoms with Crippen LogP contribution in [-0.4, -0.2) is 61.0 Å². The van der Waals surface area contributed by atoms with Crippen molar-refractivity contribution in [2.24, 2.45) is 5.92 Å². The quantitative estimate of drug-likeness (QED) is 0.841. The molecule has 2 fully saturated rings. The fourth-order valence-corrected chi connectivity index (χ4v) is 3.31.